The summed E-state index contributed by atoms with van der Waals surface area (Å²) in [7, 11) is 0. The lowest BCUT2D eigenvalue weighted by Crippen LogP contribution is -2.31. The van der Waals surface area contributed by atoms with Crippen LogP contribution in [-0.2, 0) is 25.4 Å². The maximum Gasteiger partial charge on any atom is 0.407 e. The molecule has 0 aliphatic carbocycles. The molecule has 0 aliphatic heterocycles. The molecule has 94 valence electrons. The quantitative estimate of drug-likeness (QED) is 0.510. The van der Waals surface area contributed by atoms with Crippen LogP contribution in [0.25, 0.3) is 0 Å². The van der Waals surface area contributed by atoms with Crippen molar-refractivity contribution in [2.75, 3.05) is 31.3 Å². The van der Waals surface area contributed by atoms with E-state index in [2.05, 4.69) is 14.8 Å². The lowest BCUT2D eigenvalue weighted by Gasteiger charge is -2.10. The highest BCUT2D eigenvalue weighted by molar-refractivity contribution is 7.92. The van der Waals surface area contributed by atoms with Crippen LogP contribution >= 0.6 is 0 Å². The topological polar surface area (TPSA) is 87.7 Å². The summed E-state index contributed by atoms with van der Waals surface area (Å²) in [5.41, 5.74) is 0. The zero-order valence-corrected chi connectivity index (χ0v) is 10.3. The first-order chi connectivity index (χ1) is 7.60. The van der Waals surface area contributed by atoms with Crippen molar-refractivity contribution in [3.8, 4) is 0 Å². The average Bonchev–Trinajstić information content (AvgIpc) is 2.18. The molecule has 1 atom stereocenters. The second-order valence-corrected chi connectivity index (χ2v) is 4.32. The van der Waals surface area contributed by atoms with Gasteiger partial charge in [0.2, 0.25) is 5.75 Å². The van der Waals surface area contributed by atoms with Gasteiger partial charge in [-0.2, -0.15) is 0 Å². The molecule has 0 radical (unpaired) electrons. The molecular formula is C9H17NO5S. The Kier molecular flexibility index (Phi) is 8.74. The molecule has 7 heteroatoms. The van der Waals surface area contributed by atoms with E-state index in [1.54, 1.807) is 13.8 Å². The molecule has 1 unspecified atom stereocenters. The van der Waals surface area contributed by atoms with E-state index in [4.69, 9.17) is 0 Å². The SMILES string of the molecule is CCOC(=O)C[S+]([O-])CCNC(=O)OCC. The Hall–Kier alpha value is -0.950. The smallest absolute Gasteiger partial charge is 0.407 e. The van der Waals surface area contributed by atoms with E-state index in [1.165, 1.54) is 0 Å². The Morgan fingerprint density at radius 1 is 1.25 bits per heavy atom. The average molecular weight is 251 g/mol. The van der Waals surface area contributed by atoms with Crippen LogP contribution in [0.5, 0.6) is 0 Å². The van der Waals surface area contributed by atoms with Crippen LogP contribution in [0.2, 0.25) is 0 Å². The summed E-state index contributed by atoms with van der Waals surface area (Å²) in [4.78, 5) is 21.8. The number of amides is 1. The molecule has 0 rings (SSSR count). The summed E-state index contributed by atoms with van der Waals surface area (Å²) in [5, 5.41) is 2.41. The van der Waals surface area contributed by atoms with Gasteiger partial charge in [0.1, 0.15) is 5.75 Å². The Bertz CT molecular complexity index is 224. The highest BCUT2D eigenvalue weighted by Gasteiger charge is 2.14. The van der Waals surface area contributed by atoms with Crippen molar-refractivity contribution < 1.29 is 23.6 Å². The molecule has 0 spiro atoms. The maximum atomic E-state index is 11.3. The third-order valence-electron chi connectivity index (χ3n) is 1.46. The molecular weight excluding hydrogens is 234 g/mol. The molecule has 0 aromatic rings. The summed E-state index contributed by atoms with van der Waals surface area (Å²) in [6, 6.07) is 0. The van der Waals surface area contributed by atoms with Gasteiger partial charge in [0.15, 0.2) is 0 Å². The van der Waals surface area contributed by atoms with Gasteiger partial charge < -0.3 is 19.3 Å². The Morgan fingerprint density at radius 3 is 2.44 bits per heavy atom. The van der Waals surface area contributed by atoms with Gasteiger partial charge in [0.25, 0.3) is 0 Å². The summed E-state index contributed by atoms with van der Waals surface area (Å²) >= 11 is -1.32. The van der Waals surface area contributed by atoms with Crippen molar-refractivity contribution >= 4 is 23.2 Å². The van der Waals surface area contributed by atoms with E-state index < -0.39 is 23.2 Å². The molecule has 0 aromatic heterocycles. The predicted molar refractivity (Wildman–Crippen MR) is 59.5 cm³/mol. The van der Waals surface area contributed by atoms with Gasteiger partial charge in [-0.25, -0.2) is 9.59 Å². The zero-order valence-electron chi connectivity index (χ0n) is 9.49. The van der Waals surface area contributed by atoms with E-state index in [0.29, 0.717) is 0 Å². The van der Waals surface area contributed by atoms with Crippen LogP contribution in [0.3, 0.4) is 0 Å². The second-order valence-electron chi connectivity index (χ2n) is 2.74. The Labute approximate surface area is 97.9 Å². The minimum atomic E-state index is -1.32. The molecule has 16 heavy (non-hydrogen) atoms. The summed E-state index contributed by atoms with van der Waals surface area (Å²) in [6.45, 7) is 4.15. The van der Waals surface area contributed by atoms with Gasteiger partial charge in [-0.1, -0.05) is 0 Å². The minimum Gasteiger partial charge on any atom is -0.616 e. The normalized spacial score (nSPS) is 11.7. The first kappa shape index (κ1) is 15.0. The third-order valence-corrected chi connectivity index (χ3v) is 2.68. The van der Waals surface area contributed by atoms with Gasteiger partial charge in [0.05, 0.1) is 19.8 Å². The molecule has 0 fully saturated rings. The highest BCUT2D eigenvalue weighted by atomic mass is 32.2. The largest absolute Gasteiger partial charge is 0.616 e. The fourth-order valence-corrected chi connectivity index (χ4v) is 1.68. The van der Waals surface area contributed by atoms with Crippen molar-refractivity contribution in [2.45, 2.75) is 13.8 Å². The number of nitrogens with one attached hydrogen (secondary N) is 1. The standard InChI is InChI=1S/C9H17NO5S/c1-3-14-8(11)7-16(13)6-5-10-9(12)15-4-2/h3-7H2,1-2H3,(H,10,12). The molecule has 0 bridgehead atoms. The van der Waals surface area contributed by atoms with Crippen molar-refractivity contribution in [3.63, 3.8) is 0 Å². The monoisotopic (exact) mass is 251 g/mol. The highest BCUT2D eigenvalue weighted by Crippen LogP contribution is 1.92. The summed E-state index contributed by atoms with van der Waals surface area (Å²) in [6.07, 6.45) is -0.546. The number of hydrogen-bond donors (Lipinski definition) is 1. The van der Waals surface area contributed by atoms with Crippen molar-refractivity contribution in [1.82, 2.24) is 5.32 Å². The van der Waals surface area contributed by atoms with E-state index in [1.807, 2.05) is 0 Å². The van der Waals surface area contributed by atoms with E-state index in [-0.39, 0.29) is 31.3 Å². The number of esters is 1. The maximum absolute atomic E-state index is 11.3. The fourth-order valence-electron chi connectivity index (χ4n) is 0.855. The van der Waals surface area contributed by atoms with Gasteiger partial charge in [-0.05, 0) is 25.0 Å². The molecule has 1 amide bonds. The van der Waals surface area contributed by atoms with E-state index >= 15 is 0 Å². The molecule has 0 aliphatic rings. The number of carbonyl (C=O) groups is 2. The number of alkyl carbamates (subject to hydrolysis) is 1. The molecule has 1 N–H and O–H groups in total. The summed E-state index contributed by atoms with van der Waals surface area (Å²) in [5.74, 6) is -0.423. The van der Waals surface area contributed by atoms with Crippen LogP contribution < -0.4 is 5.32 Å². The van der Waals surface area contributed by atoms with Crippen LogP contribution in [-0.4, -0.2) is 47.9 Å². The van der Waals surface area contributed by atoms with Gasteiger partial charge in [-0.3, -0.25) is 0 Å². The number of hydrogen-bond acceptors (Lipinski definition) is 5. The Balaban J connectivity index is 3.53. The summed E-state index contributed by atoms with van der Waals surface area (Å²) < 4.78 is 20.5. The number of rotatable bonds is 7. The van der Waals surface area contributed by atoms with E-state index in [0.717, 1.165) is 0 Å². The van der Waals surface area contributed by atoms with Crippen molar-refractivity contribution in [3.05, 3.63) is 0 Å². The first-order valence-corrected chi connectivity index (χ1v) is 6.50. The first-order valence-electron chi connectivity index (χ1n) is 5.01. The fraction of sp³-hybridized carbons (Fsp3) is 0.778. The third kappa shape index (κ3) is 8.37. The Morgan fingerprint density at radius 2 is 1.88 bits per heavy atom. The molecule has 0 saturated carbocycles. The van der Waals surface area contributed by atoms with Crippen LogP contribution in [0.4, 0.5) is 4.79 Å². The molecule has 6 nitrogen and oxygen atoms in total. The van der Waals surface area contributed by atoms with Crippen LogP contribution in [0, 0.1) is 0 Å². The van der Waals surface area contributed by atoms with Crippen molar-refractivity contribution in [1.29, 1.82) is 0 Å². The second kappa shape index (κ2) is 9.29. The molecule has 0 aromatic carbocycles. The van der Waals surface area contributed by atoms with Crippen molar-refractivity contribution in [2.24, 2.45) is 0 Å². The van der Waals surface area contributed by atoms with Gasteiger partial charge in [0, 0.05) is 0 Å². The lowest BCUT2D eigenvalue weighted by molar-refractivity contribution is -0.139. The molecule has 0 saturated heterocycles. The minimum absolute atomic E-state index is 0.141. The predicted octanol–water partition coefficient (Wildman–Crippen LogP) is 0.0443. The van der Waals surface area contributed by atoms with Gasteiger partial charge >= 0.3 is 12.1 Å². The van der Waals surface area contributed by atoms with E-state index in [9.17, 15) is 14.1 Å². The zero-order chi connectivity index (χ0) is 12.4. The molecule has 0 heterocycles. The lowest BCUT2D eigenvalue weighted by atomic mass is 10.7. The number of carbonyl (C=O) groups excluding carboxylic acids is 2. The van der Waals surface area contributed by atoms with Crippen LogP contribution in [0.15, 0.2) is 0 Å². The van der Waals surface area contributed by atoms with Crippen LogP contribution in [0.1, 0.15) is 13.8 Å². The van der Waals surface area contributed by atoms with Gasteiger partial charge in [-0.15, -0.1) is 0 Å². The number of ether oxygens (including phenoxy) is 2.